The Bertz CT molecular complexity index is 129. The molecular formula is C13H29N. The highest BCUT2D eigenvalue weighted by atomic mass is 14.8. The maximum absolute atomic E-state index is 3.29. The fourth-order valence-corrected chi connectivity index (χ4v) is 1.81. The molecule has 0 saturated heterocycles. The summed E-state index contributed by atoms with van der Waals surface area (Å²) in [6.45, 7) is 9.36. The van der Waals surface area contributed by atoms with Gasteiger partial charge in [-0.15, -0.1) is 0 Å². The fraction of sp³-hybridized carbons (Fsp3) is 1.00. The van der Waals surface area contributed by atoms with Crippen molar-refractivity contribution in [2.45, 2.75) is 72.3 Å². The minimum atomic E-state index is 0.559. The lowest BCUT2D eigenvalue weighted by Crippen LogP contribution is -2.21. The molecule has 14 heavy (non-hydrogen) atoms. The molecule has 0 aliphatic carbocycles. The van der Waals surface area contributed by atoms with E-state index < -0.39 is 0 Å². The first-order valence-electron chi connectivity index (χ1n) is 6.19. The van der Waals surface area contributed by atoms with Crippen molar-refractivity contribution >= 4 is 0 Å². The second-order valence-electron chi connectivity index (χ2n) is 5.35. The molecule has 0 heterocycles. The van der Waals surface area contributed by atoms with Gasteiger partial charge < -0.3 is 5.32 Å². The molecule has 0 saturated carbocycles. The molecule has 0 fully saturated rings. The summed E-state index contributed by atoms with van der Waals surface area (Å²) in [4.78, 5) is 0. The third-order valence-electron chi connectivity index (χ3n) is 3.19. The van der Waals surface area contributed by atoms with E-state index in [1.54, 1.807) is 0 Å². The van der Waals surface area contributed by atoms with E-state index in [-0.39, 0.29) is 0 Å². The lowest BCUT2D eigenvalue weighted by atomic mass is 9.82. The van der Waals surface area contributed by atoms with Gasteiger partial charge in [0.05, 0.1) is 0 Å². The van der Waals surface area contributed by atoms with Gasteiger partial charge in [0.1, 0.15) is 0 Å². The van der Waals surface area contributed by atoms with Gasteiger partial charge in [0.2, 0.25) is 0 Å². The Morgan fingerprint density at radius 3 is 2.21 bits per heavy atom. The van der Waals surface area contributed by atoms with Crippen molar-refractivity contribution in [3.05, 3.63) is 0 Å². The molecule has 1 unspecified atom stereocenters. The number of nitrogens with one attached hydrogen (secondary N) is 1. The van der Waals surface area contributed by atoms with E-state index in [1.807, 2.05) is 7.05 Å². The minimum absolute atomic E-state index is 0.559. The van der Waals surface area contributed by atoms with Gasteiger partial charge in [-0.1, -0.05) is 40.0 Å². The fourth-order valence-electron chi connectivity index (χ4n) is 1.81. The summed E-state index contributed by atoms with van der Waals surface area (Å²) in [5, 5.41) is 3.29. The highest BCUT2D eigenvalue weighted by Crippen LogP contribution is 2.29. The van der Waals surface area contributed by atoms with E-state index in [9.17, 15) is 0 Å². The summed E-state index contributed by atoms with van der Waals surface area (Å²) in [7, 11) is 2.05. The number of hydrogen-bond acceptors (Lipinski definition) is 1. The van der Waals surface area contributed by atoms with E-state index >= 15 is 0 Å². The van der Waals surface area contributed by atoms with Gasteiger partial charge in [0.25, 0.3) is 0 Å². The third-order valence-corrected chi connectivity index (χ3v) is 3.19. The van der Waals surface area contributed by atoms with Crippen molar-refractivity contribution in [1.82, 2.24) is 5.32 Å². The number of unbranched alkanes of at least 4 members (excludes halogenated alkanes) is 1. The van der Waals surface area contributed by atoms with Crippen molar-refractivity contribution in [2.24, 2.45) is 5.41 Å². The Labute approximate surface area is 90.7 Å². The molecule has 0 bridgehead atoms. The molecule has 0 spiro atoms. The van der Waals surface area contributed by atoms with E-state index in [4.69, 9.17) is 0 Å². The first-order chi connectivity index (χ1) is 6.52. The van der Waals surface area contributed by atoms with Gasteiger partial charge in [-0.25, -0.2) is 0 Å². The molecule has 0 aliphatic heterocycles. The highest BCUT2D eigenvalue weighted by Gasteiger charge is 2.16. The van der Waals surface area contributed by atoms with E-state index in [2.05, 4.69) is 33.0 Å². The average molecular weight is 199 g/mol. The largest absolute Gasteiger partial charge is 0.317 e. The quantitative estimate of drug-likeness (QED) is 0.623. The number of hydrogen-bond donors (Lipinski definition) is 1. The molecule has 0 radical (unpaired) electrons. The maximum atomic E-state index is 3.29. The molecule has 1 nitrogen and oxygen atoms in total. The summed E-state index contributed by atoms with van der Waals surface area (Å²) in [6, 6.07) is 0.678. The predicted molar refractivity (Wildman–Crippen MR) is 65.7 cm³/mol. The molecule has 1 heteroatoms. The second-order valence-corrected chi connectivity index (χ2v) is 5.35. The minimum Gasteiger partial charge on any atom is -0.317 e. The smallest absolute Gasteiger partial charge is 0.00357 e. The molecule has 0 amide bonds. The zero-order valence-electron chi connectivity index (χ0n) is 10.8. The normalized spacial score (nSPS) is 14.4. The summed E-state index contributed by atoms with van der Waals surface area (Å²) in [5.74, 6) is 0. The van der Waals surface area contributed by atoms with Crippen LogP contribution >= 0.6 is 0 Å². The van der Waals surface area contributed by atoms with Gasteiger partial charge in [-0.3, -0.25) is 0 Å². The Morgan fingerprint density at radius 2 is 1.71 bits per heavy atom. The van der Waals surface area contributed by atoms with Gasteiger partial charge in [0.15, 0.2) is 0 Å². The Kier molecular flexibility index (Phi) is 7.26. The van der Waals surface area contributed by atoms with Crippen LogP contribution in [0.25, 0.3) is 0 Å². The van der Waals surface area contributed by atoms with Gasteiger partial charge >= 0.3 is 0 Å². The molecule has 0 rings (SSSR count). The van der Waals surface area contributed by atoms with Crippen molar-refractivity contribution in [3.63, 3.8) is 0 Å². The lowest BCUT2D eigenvalue weighted by Gasteiger charge is -2.25. The second kappa shape index (κ2) is 7.28. The predicted octanol–water partition coefficient (Wildman–Crippen LogP) is 3.98. The van der Waals surface area contributed by atoms with Crippen molar-refractivity contribution < 1.29 is 0 Å². The standard InChI is InChI=1S/C13H29N/c1-6-7-10-13(3,4)11-8-9-12(2)14-5/h12,14H,6-11H2,1-5H3. The van der Waals surface area contributed by atoms with Crippen molar-refractivity contribution in [2.75, 3.05) is 7.05 Å². The van der Waals surface area contributed by atoms with Crippen LogP contribution in [0.1, 0.15) is 66.2 Å². The average Bonchev–Trinajstić information content (AvgIpc) is 2.14. The van der Waals surface area contributed by atoms with Crippen molar-refractivity contribution in [1.29, 1.82) is 0 Å². The first kappa shape index (κ1) is 14.0. The SMILES string of the molecule is CCCCC(C)(C)CCCC(C)NC. The molecule has 0 aromatic rings. The summed E-state index contributed by atoms with van der Waals surface area (Å²) in [5.41, 5.74) is 0.559. The van der Waals surface area contributed by atoms with Crippen LogP contribution in [0, 0.1) is 5.41 Å². The maximum Gasteiger partial charge on any atom is 0.00357 e. The van der Waals surface area contributed by atoms with E-state index in [0.29, 0.717) is 11.5 Å². The Morgan fingerprint density at radius 1 is 1.14 bits per heavy atom. The van der Waals surface area contributed by atoms with E-state index in [1.165, 1.54) is 38.5 Å². The van der Waals surface area contributed by atoms with Crippen LogP contribution in [0.15, 0.2) is 0 Å². The Balaban J connectivity index is 3.54. The van der Waals surface area contributed by atoms with Crippen LogP contribution in [0.4, 0.5) is 0 Å². The van der Waals surface area contributed by atoms with Crippen LogP contribution < -0.4 is 5.32 Å². The highest BCUT2D eigenvalue weighted by molar-refractivity contribution is 4.69. The lowest BCUT2D eigenvalue weighted by molar-refractivity contribution is 0.282. The number of rotatable bonds is 8. The van der Waals surface area contributed by atoms with E-state index in [0.717, 1.165) is 0 Å². The molecule has 0 aromatic carbocycles. The zero-order valence-corrected chi connectivity index (χ0v) is 10.8. The topological polar surface area (TPSA) is 12.0 Å². The molecule has 1 atom stereocenters. The van der Waals surface area contributed by atoms with Gasteiger partial charge in [-0.05, 0) is 38.6 Å². The van der Waals surface area contributed by atoms with Crippen molar-refractivity contribution in [3.8, 4) is 0 Å². The van der Waals surface area contributed by atoms with Crippen LogP contribution in [0.5, 0.6) is 0 Å². The van der Waals surface area contributed by atoms with Crippen LogP contribution in [-0.2, 0) is 0 Å². The first-order valence-corrected chi connectivity index (χ1v) is 6.19. The van der Waals surface area contributed by atoms with Crippen LogP contribution in [0.2, 0.25) is 0 Å². The molecule has 1 N–H and O–H groups in total. The monoisotopic (exact) mass is 199 g/mol. The molecule has 86 valence electrons. The summed E-state index contributed by atoms with van der Waals surface area (Å²) < 4.78 is 0. The van der Waals surface area contributed by atoms with Crippen LogP contribution in [-0.4, -0.2) is 13.1 Å². The molecule has 0 aliphatic rings. The van der Waals surface area contributed by atoms with Crippen LogP contribution in [0.3, 0.4) is 0 Å². The molecular weight excluding hydrogens is 170 g/mol. The van der Waals surface area contributed by atoms with Gasteiger partial charge in [0, 0.05) is 6.04 Å². The summed E-state index contributed by atoms with van der Waals surface area (Å²) in [6.07, 6.45) is 8.15. The summed E-state index contributed by atoms with van der Waals surface area (Å²) >= 11 is 0. The Hall–Kier alpha value is -0.0400. The molecule has 0 aromatic heterocycles. The van der Waals surface area contributed by atoms with Gasteiger partial charge in [-0.2, -0.15) is 0 Å². The third kappa shape index (κ3) is 7.37. The zero-order chi connectivity index (χ0) is 11.0.